The van der Waals surface area contributed by atoms with Gasteiger partial charge in [0.2, 0.25) is 11.9 Å². The van der Waals surface area contributed by atoms with Crippen LogP contribution in [0.2, 0.25) is 0 Å². The summed E-state index contributed by atoms with van der Waals surface area (Å²) in [6, 6.07) is 9.52. The number of amides is 1. The number of aromatic nitrogens is 5. The van der Waals surface area contributed by atoms with E-state index in [0.29, 0.717) is 22.7 Å². The van der Waals surface area contributed by atoms with Crippen LogP contribution in [0.15, 0.2) is 46.5 Å². The molecule has 0 unspecified atom stereocenters. The fraction of sp³-hybridized carbons (Fsp3) is 0.235. The van der Waals surface area contributed by atoms with Crippen molar-refractivity contribution in [1.82, 2.24) is 25.4 Å². The van der Waals surface area contributed by atoms with Gasteiger partial charge in [-0.25, -0.2) is 4.98 Å². The van der Waals surface area contributed by atoms with Crippen molar-refractivity contribution in [2.45, 2.75) is 35.6 Å². The first kappa shape index (κ1) is 16.5. The molecule has 1 aliphatic carbocycles. The van der Waals surface area contributed by atoms with Crippen LogP contribution in [-0.2, 0) is 4.79 Å². The van der Waals surface area contributed by atoms with E-state index in [4.69, 9.17) is 0 Å². The molecule has 132 valence electrons. The molecule has 8 nitrogen and oxygen atoms in total. The Morgan fingerprint density at radius 2 is 2.08 bits per heavy atom. The van der Waals surface area contributed by atoms with Crippen LogP contribution >= 0.6 is 11.8 Å². The third-order valence-electron chi connectivity index (χ3n) is 3.79. The summed E-state index contributed by atoms with van der Waals surface area (Å²) in [5.74, 6) is 1.61. The molecule has 1 fully saturated rings. The zero-order valence-electron chi connectivity index (χ0n) is 14.1. The minimum atomic E-state index is -0.0932. The summed E-state index contributed by atoms with van der Waals surface area (Å²) in [4.78, 5) is 16.5. The lowest BCUT2D eigenvalue weighted by molar-refractivity contribution is -0.114. The Morgan fingerprint density at radius 1 is 1.27 bits per heavy atom. The van der Waals surface area contributed by atoms with Crippen LogP contribution in [0.4, 0.5) is 17.5 Å². The second-order valence-electron chi connectivity index (χ2n) is 6.03. The van der Waals surface area contributed by atoms with Crippen molar-refractivity contribution < 1.29 is 4.79 Å². The average molecular weight is 367 g/mol. The predicted octanol–water partition coefficient (Wildman–Crippen LogP) is 3.33. The van der Waals surface area contributed by atoms with Gasteiger partial charge in [-0.15, -0.1) is 5.10 Å². The minimum absolute atomic E-state index is 0.0932. The summed E-state index contributed by atoms with van der Waals surface area (Å²) < 4.78 is 0. The molecule has 0 bridgehead atoms. The van der Waals surface area contributed by atoms with Crippen molar-refractivity contribution in [2.75, 3.05) is 10.6 Å². The first-order chi connectivity index (χ1) is 12.7. The Bertz CT molecular complexity index is 921. The van der Waals surface area contributed by atoms with Crippen molar-refractivity contribution in [3.05, 3.63) is 42.2 Å². The first-order valence-corrected chi connectivity index (χ1v) is 9.05. The van der Waals surface area contributed by atoms with Crippen LogP contribution in [0.3, 0.4) is 0 Å². The van der Waals surface area contributed by atoms with E-state index in [0.717, 1.165) is 16.3 Å². The number of H-pyrrole nitrogens is 1. The van der Waals surface area contributed by atoms with Gasteiger partial charge in [-0.05, 0) is 37.1 Å². The van der Waals surface area contributed by atoms with Crippen LogP contribution in [0.1, 0.15) is 31.4 Å². The topological polar surface area (TPSA) is 108 Å². The maximum Gasteiger partial charge on any atom is 0.249 e. The Kier molecular flexibility index (Phi) is 4.53. The SMILES string of the molecule is CC(=O)Nc1ccc(Sc2cnnc(Nc3cc(C4CC4)[nH]n3)n2)cc1. The van der Waals surface area contributed by atoms with Gasteiger partial charge in [-0.2, -0.15) is 10.2 Å². The Labute approximate surface area is 154 Å². The fourth-order valence-corrected chi connectivity index (χ4v) is 3.19. The second-order valence-corrected chi connectivity index (χ2v) is 7.13. The van der Waals surface area contributed by atoms with Gasteiger partial charge in [0.15, 0.2) is 5.82 Å². The lowest BCUT2D eigenvalue weighted by Gasteiger charge is -2.05. The van der Waals surface area contributed by atoms with Crippen molar-refractivity contribution in [1.29, 1.82) is 0 Å². The van der Waals surface area contributed by atoms with Crippen LogP contribution in [0.5, 0.6) is 0 Å². The molecule has 0 radical (unpaired) electrons. The van der Waals surface area contributed by atoms with E-state index in [9.17, 15) is 4.79 Å². The van der Waals surface area contributed by atoms with E-state index >= 15 is 0 Å². The maximum absolute atomic E-state index is 11.1. The molecule has 0 aliphatic heterocycles. The molecule has 2 heterocycles. The molecule has 3 aromatic rings. The molecule has 1 aliphatic rings. The average Bonchev–Trinajstić information content (AvgIpc) is 3.37. The molecule has 0 spiro atoms. The molecule has 1 amide bonds. The molecule has 0 atom stereocenters. The number of aromatic amines is 1. The van der Waals surface area contributed by atoms with Crippen molar-refractivity contribution in [2.24, 2.45) is 0 Å². The number of rotatable bonds is 6. The van der Waals surface area contributed by atoms with Crippen LogP contribution in [0, 0.1) is 0 Å². The molecule has 1 aromatic carbocycles. The molecule has 26 heavy (non-hydrogen) atoms. The van der Waals surface area contributed by atoms with Gasteiger partial charge >= 0.3 is 0 Å². The molecule has 4 rings (SSSR count). The smallest absolute Gasteiger partial charge is 0.249 e. The van der Waals surface area contributed by atoms with Gasteiger partial charge in [0, 0.05) is 35.2 Å². The van der Waals surface area contributed by atoms with E-state index in [2.05, 4.69) is 36.0 Å². The highest BCUT2D eigenvalue weighted by Crippen LogP contribution is 2.39. The summed E-state index contributed by atoms with van der Waals surface area (Å²) in [6.07, 6.45) is 4.04. The number of hydrogen-bond donors (Lipinski definition) is 3. The maximum atomic E-state index is 11.1. The molecule has 9 heteroatoms. The highest BCUT2D eigenvalue weighted by molar-refractivity contribution is 7.99. The van der Waals surface area contributed by atoms with Crippen LogP contribution in [0.25, 0.3) is 0 Å². The molecule has 3 N–H and O–H groups in total. The zero-order valence-corrected chi connectivity index (χ0v) is 14.9. The summed E-state index contributed by atoms with van der Waals surface area (Å²) in [5, 5.41) is 21.8. The monoisotopic (exact) mass is 367 g/mol. The summed E-state index contributed by atoms with van der Waals surface area (Å²) in [5.41, 5.74) is 1.90. The summed E-state index contributed by atoms with van der Waals surface area (Å²) in [7, 11) is 0. The van der Waals surface area contributed by atoms with E-state index in [1.165, 1.54) is 31.5 Å². The third kappa shape index (κ3) is 4.17. The van der Waals surface area contributed by atoms with E-state index in [-0.39, 0.29) is 5.91 Å². The first-order valence-electron chi connectivity index (χ1n) is 8.23. The number of nitrogens with zero attached hydrogens (tertiary/aromatic N) is 4. The van der Waals surface area contributed by atoms with Gasteiger partial charge in [-0.3, -0.25) is 9.89 Å². The number of nitrogens with one attached hydrogen (secondary N) is 3. The van der Waals surface area contributed by atoms with E-state index in [1.54, 1.807) is 6.20 Å². The number of carbonyl (C=O) groups is 1. The number of anilines is 3. The lowest BCUT2D eigenvalue weighted by Crippen LogP contribution is -2.05. The zero-order chi connectivity index (χ0) is 17.9. The van der Waals surface area contributed by atoms with E-state index < -0.39 is 0 Å². The normalized spacial score (nSPS) is 13.4. The number of hydrogen-bond acceptors (Lipinski definition) is 7. The van der Waals surface area contributed by atoms with Crippen molar-refractivity contribution in [3.63, 3.8) is 0 Å². The fourth-order valence-electron chi connectivity index (χ4n) is 2.44. The molecule has 2 aromatic heterocycles. The predicted molar refractivity (Wildman–Crippen MR) is 98.5 cm³/mol. The molecule has 0 saturated heterocycles. The van der Waals surface area contributed by atoms with Gasteiger partial charge < -0.3 is 10.6 Å². The molecule has 1 saturated carbocycles. The molecular formula is C17H17N7OS. The van der Waals surface area contributed by atoms with Gasteiger partial charge in [0.1, 0.15) is 5.03 Å². The Hall–Kier alpha value is -2.94. The third-order valence-corrected chi connectivity index (χ3v) is 4.70. The number of benzene rings is 1. The van der Waals surface area contributed by atoms with Crippen molar-refractivity contribution >= 4 is 35.1 Å². The van der Waals surface area contributed by atoms with Gasteiger partial charge in [0.05, 0.1) is 6.20 Å². The highest BCUT2D eigenvalue weighted by atomic mass is 32.2. The number of carbonyl (C=O) groups excluding carboxylic acids is 1. The summed E-state index contributed by atoms with van der Waals surface area (Å²) in [6.45, 7) is 1.48. The van der Waals surface area contributed by atoms with Gasteiger partial charge in [0.25, 0.3) is 0 Å². The lowest BCUT2D eigenvalue weighted by atomic mass is 10.3. The highest BCUT2D eigenvalue weighted by Gasteiger charge is 2.25. The van der Waals surface area contributed by atoms with Gasteiger partial charge in [-0.1, -0.05) is 11.8 Å². The van der Waals surface area contributed by atoms with Crippen molar-refractivity contribution in [3.8, 4) is 0 Å². The van der Waals surface area contributed by atoms with Crippen LogP contribution < -0.4 is 10.6 Å². The largest absolute Gasteiger partial charge is 0.326 e. The Balaban J connectivity index is 1.42. The standard InChI is InChI=1S/C17H17N7OS/c1-10(25)19-12-4-6-13(7-5-12)26-16-9-18-24-17(21-16)20-15-8-14(22-23-15)11-2-3-11/h4-9,11H,2-3H2,1H3,(H,19,25)(H2,20,21,22,23,24). The Morgan fingerprint density at radius 3 is 2.81 bits per heavy atom. The minimum Gasteiger partial charge on any atom is -0.326 e. The van der Waals surface area contributed by atoms with Crippen LogP contribution in [-0.4, -0.2) is 31.3 Å². The van der Waals surface area contributed by atoms with E-state index in [1.807, 2.05) is 30.3 Å². The summed E-state index contributed by atoms with van der Waals surface area (Å²) >= 11 is 1.47. The quantitative estimate of drug-likeness (QED) is 0.613. The molecular weight excluding hydrogens is 350 g/mol. The second kappa shape index (κ2) is 7.12.